The second-order valence-corrected chi connectivity index (χ2v) is 6.29. The van der Waals surface area contributed by atoms with Crippen molar-refractivity contribution < 1.29 is 8.78 Å². The molecule has 0 saturated heterocycles. The maximum atomic E-state index is 13.8. The summed E-state index contributed by atoms with van der Waals surface area (Å²) in [7, 11) is 0. The highest BCUT2D eigenvalue weighted by molar-refractivity contribution is 7.15. The molecule has 1 aromatic carbocycles. The number of halogens is 2. The first-order chi connectivity index (χ1) is 9.70. The molecule has 106 valence electrons. The maximum Gasteiger partial charge on any atom is 0.134 e. The van der Waals surface area contributed by atoms with Crippen LogP contribution in [0.2, 0.25) is 0 Å². The number of benzene rings is 1. The van der Waals surface area contributed by atoms with Crippen molar-refractivity contribution in [3.05, 3.63) is 46.8 Å². The van der Waals surface area contributed by atoms with Gasteiger partial charge in [-0.05, 0) is 49.6 Å². The molecule has 1 fully saturated rings. The van der Waals surface area contributed by atoms with Crippen molar-refractivity contribution in [1.29, 1.82) is 0 Å². The maximum absolute atomic E-state index is 13.8. The van der Waals surface area contributed by atoms with Crippen molar-refractivity contribution in [3.8, 4) is 10.4 Å². The third-order valence-electron chi connectivity index (χ3n) is 3.66. The molecule has 1 nitrogen and oxygen atoms in total. The van der Waals surface area contributed by atoms with Crippen molar-refractivity contribution in [1.82, 2.24) is 5.32 Å². The summed E-state index contributed by atoms with van der Waals surface area (Å²) in [6.07, 6.45) is 2.47. The van der Waals surface area contributed by atoms with Crippen LogP contribution in [0.15, 0.2) is 30.3 Å². The summed E-state index contributed by atoms with van der Waals surface area (Å²) in [5.41, 5.74) is 0.0924. The lowest BCUT2D eigenvalue weighted by Crippen LogP contribution is -2.21. The summed E-state index contributed by atoms with van der Waals surface area (Å²) >= 11 is 1.49. The summed E-state index contributed by atoms with van der Waals surface area (Å²) in [6, 6.07) is 8.16. The Balaban J connectivity index is 1.93. The Morgan fingerprint density at radius 3 is 2.50 bits per heavy atom. The van der Waals surface area contributed by atoms with Crippen LogP contribution in [0.5, 0.6) is 0 Å². The van der Waals surface area contributed by atoms with Gasteiger partial charge in [-0.3, -0.25) is 0 Å². The summed E-state index contributed by atoms with van der Waals surface area (Å²) in [5.74, 6) is -0.318. The van der Waals surface area contributed by atoms with Crippen LogP contribution in [0.3, 0.4) is 0 Å². The summed E-state index contributed by atoms with van der Waals surface area (Å²) in [4.78, 5) is 1.84. The molecular weight excluding hydrogens is 276 g/mol. The number of hydrogen-bond donors (Lipinski definition) is 1. The van der Waals surface area contributed by atoms with E-state index in [1.54, 1.807) is 0 Å². The molecule has 1 aromatic heterocycles. The Labute approximate surface area is 121 Å². The quantitative estimate of drug-likeness (QED) is 0.838. The molecule has 1 aliphatic carbocycles. The molecular formula is C16H17F2NS. The SMILES string of the molecule is CCNC(c1ccc(-c2c(F)cccc2F)s1)C1CC1. The van der Waals surface area contributed by atoms with Crippen LogP contribution >= 0.6 is 11.3 Å². The van der Waals surface area contributed by atoms with E-state index >= 15 is 0 Å². The lowest BCUT2D eigenvalue weighted by molar-refractivity contribution is 0.504. The van der Waals surface area contributed by atoms with Crippen molar-refractivity contribution in [2.24, 2.45) is 5.92 Å². The van der Waals surface area contributed by atoms with Crippen LogP contribution in [-0.2, 0) is 0 Å². The zero-order valence-electron chi connectivity index (χ0n) is 11.3. The molecule has 1 N–H and O–H groups in total. The predicted molar refractivity (Wildman–Crippen MR) is 78.8 cm³/mol. The average Bonchev–Trinajstić information content (AvgIpc) is 3.15. The smallest absolute Gasteiger partial charge is 0.134 e. The molecule has 0 aliphatic heterocycles. The summed E-state index contributed by atoms with van der Waals surface area (Å²) in [6.45, 7) is 2.99. The lowest BCUT2D eigenvalue weighted by atomic mass is 10.1. The number of nitrogens with one attached hydrogen (secondary N) is 1. The van der Waals surface area contributed by atoms with Crippen LogP contribution < -0.4 is 5.32 Å². The van der Waals surface area contributed by atoms with Gasteiger partial charge in [0, 0.05) is 15.8 Å². The van der Waals surface area contributed by atoms with Crippen LogP contribution in [0.4, 0.5) is 8.78 Å². The minimum atomic E-state index is -0.496. The Morgan fingerprint density at radius 1 is 1.20 bits per heavy atom. The highest BCUT2D eigenvalue weighted by Gasteiger charge is 2.32. The van der Waals surface area contributed by atoms with Gasteiger partial charge in [0.05, 0.1) is 5.56 Å². The first kappa shape index (κ1) is 13.7. The molecule has 0 radical (unpaired) electrons. The van der Waals surface area contributed by atoms with E-state index in [1.165, 1.54) is 47.3 Å². The van der Waals surface area contributed by atoms with E-state index in [1.807, 2.05) is 12.1 Å². The average molecular weight is 293 g/mol. The van der Waals surface area contributed by atoms with Gasteiger partial charge in [-0.2, -0.15) is 0 Å². The topological polar surface area (TPSA) is 12.0 Å². The zero-order valence-corrected chi connectivity index (χ0v) is 12.1. The van der Waals surface area contributed by atoms with Gasteiger partial charge in [0.1, 0.15) is 11.6 Å². The van der Waals surface area contributed by atoms with Gasteiger partial charge in [-0.25, -0.2) is 8.78 Å². The molecule has 1 heterocycles. The number of thiophene rings is 1. The van der Waals surface area contributed by atoms with Crippen LogP contribution in [0.1, 0.15) is 30.7 Å². The van der Waals surface area contributed by atoms with E-state index in [0.29, 0.717) is 16.8 Å². The van der Waals surface area contributed by atoms with Crippen LogP contribution in [0, 0.1) is 17.6 Å². The van der Waals surface area contributed by atoms with Crippen molar-refractivity contribution in [3.63, 3.8) is 0 Å². The highest BCUT2D eigenvalue weighted by Crippen LogP contribution is 2.44. The molecule has 3 rings (SSSR count). The molecule has 1 aliphatic rings. The summed E-state index contributed by atoms with van der Waals surface area (Å²) < 4.78 is 27.6. The molecule has 1 unspecified atom stereocenters. The predicted octanol–water partition coefficient (Wildman–Crippen LogP) is 4.75. The Morgan fingerprint density at radius 2 is 1.90 bits per heavy atom. The van der Waals surface area contributed by atoms with E-state index in [0.717, 1.165) is 6.54 Å². The zero-order chi connectivity index (χ0) is 14.1. The fraction of sp³-hybridized carbons (Fsp3) is 0.375. The Kier molecular flexibility index (Phi) is 3.85. The standard InChI is InChI=1S/C16H17F2NS/c1-2-19-16(10-6-7-10)14-9-8-13(20-14)15-11(17)4-3-5-12(15)18/h3-5,8-10,16,19H,2,6-7H2,1H3. The second kappa shape index (κ2) is 5.62. The van der Waals surface area contributed by atoms with Crippen molar-refractivity contribution in [2.45, 2.75) is 25.8 Å². The van der Waals surface area contributed by atoms with Gasteiger partial charge in [-0.1, -0.05) is 13.0 Å². The van der Waals surface area contributed by atoms with Gasteiger partial charge >= 0.3 is 0 Å². The molecule has 1 atom stereocenters. The first-order valence-electron chi connectivity index (χ1n) is 6.98. The van der Waals surface area contributed by atoms with Crippen molar-refractivity contribution >= 4 is 11.3 Å². The van der Waals surface area contributed by atoms with E-state index in [-0.39, 0.29) is 5.56 Å². The van der Waals surface area contributed by atoms with E-state index < -0.39 is 11.6 Å². The fourth-order valence-electron chi connectivity index (χ4n) is 2.54. The molecule has 0 bridgehead atoms. The van der Waals surface area contributed by atoms with Gasteiger partial charge in [-0.15, -0.1) is 11.3 Å². The molecule has 0 amide bonds. The minimum absolute atomic E-state index is 0.0924. The van der Waals surface area contributed by atoms with E-state index in [4.69, 9.17) is 0 Å². The van der Waals surface area contributed by atoms with Crippen molar-refractivity contribution in [2.75, 3.05) is 6.54 Å². The second-order valence-electron chi connectivity index (χ2n) is 5.17. The molecule has 20 heavy (non-hydrogen) atoms. The molecule has 2 aromatic rings. The Hall–Kier alpha value is -1.26. The third kappa shape index (κ3) is 2.63. The number of rotatable bonds is 5. The molecule has 1 saturated carbocycles. The van der Waals surface area contributed by atoms with Gasteiger partial charge < -0.3 is 5.32 Å². The molecule has 0 spiro atoms. The van der Waals surface area contributed by atoms with E-state index in [9.17, 15) is 8.78 Å². The minimum Gasteiger partial charge on any atom is -0.309 e. The third-order valence-corrected chi connectivity index (χ3v) is 4.85. The largest absolute Gasteiger partial charge is 0.309 e. The fourth-order valence-corrected chi connectivity index (χ4v) is 3.76. The first-order valence-corrected chi connectivity index (χ1v) is 7.80. The highest BCUT2D eigenvalue weighted by atomic mass is 32.1. The van der Waals surface area contributed by atoms with Gasteiger partial charge in [0.2, 0.25) is 0 Å². The Bertz CT molecular complexity index is 584. The van der Waals surface area contributed by atoms with E-state index in [2.05, 4.69) is 12.2 Å². The normalized spacial score (nSPS) is 16.4. The monoisotopic (exact) mass is 293 g/mol. The van der Waals surface area contributed by atoms with Gasteiger partial charge in [0.15, 0.2) is 0 Å². The van der Waals surface area contributed by atoms with Crippen LogP contribution in [-0.4, -0.2) is 6.54 Å². The van der Waals surface area contributed by atoms with Gasteiger partial charge in [0.25, 0.3) is 0 Å². The number of hydrogen-bond acceptors (Lipinski definition) is 2. The lowest BCUT2D eigenvalue weighted by Gasteiger charge is -2.15. The summed E-state index contributed by atoms with van der Waals surface area (Å²) in [5, 5.41) is 3.48. The molecule has 4 heteroatoms. The van der Waals surface area contributed by atoms with Crippen LogP contribution in [0.25, 0.3) is 10.4 Å².